The third kappa shape index (κ3) is 2.16. The number of hydrogen-bond acceptors (Lipinski definition) is 4. The van der Waals surface area contributed by atoms with Crippen molar-refractivity contribution in [3.63, 3.8) is 0 Å². The van der Waals surface area contributed by atoms with Gasteiger partial charge in [0.1, 0.15) is 5.69 Å². The molecule has 3 rings (SSSR count). The van der Waals surface area contributed by atoms with Crippen molar-refractivity contribution in [2.45, 2.75) is 6.54 Å². The maximum Gasteiger partial charge on any atom is 0.202 e. The van der Waals surface area contributed by atoms with Crippen molar-refractivity contribution in [2.75, 3.05) is 0 Å². The van der Waals surface area contributed by atoms with Gasteiger partial charge in [0.25, 0.3) is 0 Å². The summed E-state index contributed by atoms with van der Waals surface area (Å²) in [6.45, 7) is 0.565. The summed E-state index contributed by atoms with van der Waals surface area (Å²) >= 11 is 3.34. The van der Waals surface area contributed by atoms with E-state index in [0.29, 0.717) is 18.1 Å². The van der Waals surface area contributed by atoms with Gasteiger partial charge in [-0.15, -0.1) is 0 Å². The number of hydrogen-bond donors (Lipinski definition) is 0. The Morgan fingerprint density at radius 1 is 1.35 bits per heavy atom. The predicted octanol–water partition coefficient (Wildman–Crippen LogP) is 2.94. The number of halogens is 1. The van der Waals surface area contributed by atoms with Crippen LogP contribution < -0.4 is 0 Å². The molecular weight excluding hydrogens is 286 g/mol. The lowest BCUT2D eigenvalue weighted by Crippen LogP contribution is -1.99. The number of rotatable bonds is 3. The summed E-state index contributed by atoms with van der Waals surface area (Å²) in [4.78, 5) is 0. The molecule has 3 aromatic heterocycles. The maximum absolute atomic E-state index is 5.22. The van der Waals surface area contributed by atoms with Crippen LogP contribution in [0.3, 0.4) is 0 Å². The third-order valence-corrected chi connectivity index (χ3v) is 2.66. The fourth-order valence-electron chi connectivity index (χ4n) is 1.51. The van der Waals surface area contributed by atoms with Gasteiger partial charge in [-0.1, -0.05) is 5.16 Å². The zero-order valence-electron chi connectivity index (χ0n) is 8.71. The molecule has 0 N–H and O–H groups in total. The lowest BCUT2D eigenvalue weighted by atomic mass is 10.3. The highest BCUT2D eigenvalue weighted by atomic mass is 79.9. The minimum absolute atomic E-state index is 0.565. The fraction of sp³-hybridized carbons (Fsp3) is 0.0909. The third-order valence-electron chi connectivity index (χ3n) is 2.25. The van der Waals surface area contributed by atoms with Crippen LogP contribution in [-0.2, 0) is 6.54 Å². The van der Waals surface area contributed by atoms with Crippen molar-refractivity contribution in [1.29, 1.82) is 0 Å². The van der Waals surface area contributed by atoms with Crippen LogP contribution in [0.15, 0.2) is 50.3 Å². The molecule has 0 spiro atoms. The largest absolute Gasteiger partial charge is 0.461 e. The van der Waals surface area contributed by atoms with Crippen LogP contribution in [0.25, 0.3) is 11.5 Å². The molecule has 0 radical (unpaired) electrons. The van der Waals surface area contributed by atoms with E-state index in [2.05, 4.69) is 26.2 Å². The molecular formula is C11H8BrN3O2. The van der Waals surface area contributed by atoms with E-state index in [9.17, 15) is 0 Å². The molecule has 0 fully saturated rings. The van der Waals surface area contributed by atoms with Crippen LogP contribution in [-0.4, -0.2) is 14.9 Å². The molecule has 0 aliphatic carbocycles. The first-order valence-corrected chi connectivity index (χ1v) is 5.78. The normalized spacial score (nSPS) is 10.9. The topological polar surface area (TPSA) is 57.0 Å². The quantitative estimate of drug-likeness (QED) is 0.745. The number of aromatic nitrogens is 3. The minimum atomic E-state index is 0.565. The van der Waals surface area contributed by atoms with Gasteiger partial charge in [0.2, 0.25) is 5.76 Å². The molecule has 0 saturated carbocycles. The Bertz CT molecular complexity index is 612. The summed E-state index contributed by atoms with van der Waals surface area (Å²) in [6, 6.07) is 5.48. The van der Waals surface area contributed by atoms with Crippen molar-refractivity contribution in [2.24, 2.45) is 0 Å². The zero-order chi connectivity index (χ0) is 11.7. The van der Waals surface area contributed by atoms with E-state index in [1.807, 2.05) is 24.4 Å². The molecule has 0 aliphatic heterocycles. The summed E-state index contributed by atoms with van der Waals surface area (Å²) in [6.07, 6.45) is 5.21. The van der Waals surface area contributed by atoms with Gasteiger partial charge in [-0.25, -0.2) is 0 Å². The highest BCUT2D eigenvalue weighted by molar-refractivity contribution is 9.10. The summed E-state index contributed by atoms with van der Waals surface area (Å²) in [5.41, 5.74) is 0.798. The van der Waals surface area contributed by atoms with Crippen LogP contribution in [0.5, 0.6) is 0 Å². The Balaban J connectivity index is 1.81. The van der Waals surface area contributed by atoms with Gasteiger partial charge in [-0.05, 0) is 28.1 Å². The number of nitrogens with zero attached hydrogens (tertiary/aromatic N) is 3. The van der Waals surface area contributed by atoms with Gasteiger partial charge < -0.3 is 8.94 Å². The van der Waals surface area contributed by atoms with E-state index in [-0.39, 0.29) is 0 Å². The fourth-order valence-corrected chi connectivity index (χ4v) is 1.84. The van der Waals surface area contributed by atoms with Gasteiger partial charge in [-0.3, -0.25) is 4.68 Å². The van der Waals surface area contributed by atoms with Crippen LogP contribution in [0.4, 0.5) is 0 Å². The average molecular weight is 294 g/mol. The molecule has 6 heteroatoms. The van der Waals surface area contributed by atoms with Crippen LogP contribution in [0.2, 0.25) is 0 Å². The Morgan fingerprint density at radius 2 is 2.29 bits per heavy atom. The van der Waals surface area contributed by atoms with Gasteiger partial charge in [0.15, 0.2) is 5.76 Å². The van der Waals surface area contributed by atoms with E-state index in [0.717, 1.165) is 10.2 Å². The van der Waals surface area contributed by atoms with Crippen molar-refractivity contribution < 1.29 is 8.94 Å². The molecule has 0 aliphatic rings. The Labute approximate surface area is 105 Å². The van der Waals surface area contributed by atoms with E-state index < -0.39 is 0 Å². The van der Waals surface area contributed by atoms with E-state index in [4.69, 9.17) is 8.94 Å². The zero-order valence-corrected chi connectivity index (χ0v) is 10.3. The average Bonchev–Trinajstić information content (AvgIpc) is 3.00. The minimum Gasteiger partial charge on any atom is -0.461 e. The molecule has 0 saturated heterocycles. The molecule has 0 atom stereocenters. The molecule has 0 amide bonds. The van der Waals surface area contributed by atoms with Crippen LogP contribution >= 0.6 is 15.9 Å². The van der Waals surface area contributed by atoms with Gasteiger partial charge >= 0.3 is 0 Å². The first-order chi connectivity index (χ1) is 8.31. The van der Waals surface area contributed by atoms with E-state index in [1.165, 1.54) is 0 Å². The standard InChI is InChI=1S/C11H8BrN3O2/c12-8-5-13-15(6-8)7-9-4-11(17-14-9)10-2-1-3-16-10/h1-6H,7H2. The maximum atomic E-state index is 5.22. The smallest absolute Gasteiger partial charge is 0.202 e. The molecule has 3 heterocycles. The van der Waals surface area contributed by atoms with Crippen molar-refractivity contribution in [3.05, 3.63) is 47.0 Å². The monoisotopic (exact) mass is 293 g/mol. The lowest BCUT2D eigenvalue weighted by molar-refractivity contribution is 0.407. The summed E-state index contributed by atoms with van der Waals surface area (Å²) in [5, 5.41) is 8.11. The molecule has 0 aromatic carbocycles. The van der Waals surface area contributed by atoms with Crippen LogP contribution in [0, 0.1) is 0 Å². The van der Waals surface area contributed by atoms with Crippen molar-refractivity contribution in [1.82, 2.24) is 14.9 Å². The number of furan rings is 1. The summed E-state index contributed by atoms with van der Waals surface area (Å²) in [7, 11) is 0. The van der Waals surface area contributed by atoms with Crippen LogP contribution in [0.1, 0.15) is 5.69 Å². The van der Waals surface area contributed by atoms with Crippen molar-refractivity contribution in [3.8, 4) is 11.5 Å². The van der Waals surface area contributed by atoms with Crippen molar-refractivity contribution >= 4 is 15.9 Å². The SMILES string of the molecule is Brc1cnn(Cc2cc(-c3ccco3)on2)c1. The van der Waals surface area contributed by atoms with E-state index >= 15 is 0 Å². The Morgan fingerprint density at radius 3 is 3.00 bits per heavy atom. The van der Waals surface area contributed by atoms with Gasteiger partial charge in [0.05, 0.1) is 23.5 Å². The highest BCUT2D eigenvalue weighted by Crippen LogP contribution is 2.20. The molecule has 3 aromatic rings. The Kier molecular flexibility index (Phi) is 2.56. The molecule has 0 bridgehead atoms. The predicted molar refractivity (Wildman–Crippen MR) is 63.2 cm³/mol. The first kappa shape index (κ1) is 10.3. The molecule has 5 nitrogen and oxygen atoms in total. The second-order valence-corrected chi connectivity index (χ2v) is 4.43. The second kappa shape index (κ2) is 4.21. The Hall–Kier alpha value is -1.82. The molecule has 86 valence electrons. The molecule has 17 heavy (non-hydrogen) atoms. The van der Waals surface area contributed by atoms with Gasteiger partial charge in [-0.2, -0.15) is 5.10 Å². The van der Waals surface area contributed by atoms with Gasteiger partial charge in [0, 0.05) is 12.3 Å². The lowest BCUT2D eigenvalue weighted by Gasteiger charge is -1.94. The summed E-state index contributed by atoms with van der Waals surface area (Å²) in [5.74, 6) is 1.29. The second-order valence-electron chi connectivity index (χ2n) is 3.52. The molecule has 0 unspecified atom stereocenters. The summed E-state index contributed by atoms with van der Waals surface area (Å²) < 4.78 is 13.1. The van der Waals surface area contributed by atoms with E-state index in [1.54, 1.807) is 17.1 Å². The first-order valence-electron chi connectivity index (χ1n) is 4.99. The highest BCUT2D eigenvalue weighted by Gasteiger charge is 2.09.